The van der Waals surface area contributed by atoms with E-state index >= 15 is 0 Å². The first-order valence-electron chi connectivity index (χ1n) is 9.09. The predicted molar refractivity (Wildman–Crippen MR) is 114 cm³/mol. The Labute approximate surface area is 165 Å². The van der Waals surface area contributed by atoms with Crippen molar-refractivity contribution in [2.75, 3.05) is 0 Å². The number of rotatable bonds is 6. The molecule has 0 N–H and O–H groups in total. The van der Waals surface area contributed by atoms with Crippen molar-refractivity contribution in [2.45, 2.75) is 13.8 Å². The van der Waals surface area contributed by atoms with Crippen LogP contribution >= 0.6 is 0 Å². The minimum Gasteiger partial charge on any atom is -0.455 e. The van der Waals surface area contributed by atoms with E-state index in [0.29, 0.717) is 28.6 Å². The van der Waals surface area contributed by atoms with Gasteiger partial charge < -0.3 is 9.47 Å². The molecule has 28 heavy (non-hydrogen) atoms. The summed E-state index contributed by atoms with van der Waals surface area (Å²) in [5, 5.41) is 9.76. The van der Waals surface area contributed by atoms with E-state index in [1.54, 1.807) is 12.1 Å². The monoisotopic (exact) mass is 367 g/mol. The average Bonchev–Trinajstić information content (AvgIpc) is 2.71. The van der Waals surface area contributed by atoms with Gasteiger partial charge in [-0.05, 0) is 38.1 Å². The molecule has 3 nitrogen and oxygen atoms in total. The lowest BCUT2D eigenvalue weighted by molar-refractivity contribution is 0.456. The number of hydrogen-bond donors (Lipinski definition) is 0. The van der Waals surface area contributed by atoms with Crippen LogP contribution in [-0.2, 0) is 0 Å². The van der Waals surface area contributed by atoms with Gasteiger partial charge in [-0.1, -0.05) is 66.8 Å². The number of ether oxygens (including phenoxy) is 2. The summed E-state index contributed by atoms with van der Waals surface area (Å²) in [6, 6.07) is 23.0. The maximum absolute atomic E-state index is 9.76. The van der Waals surface area contributed by atoms with Crippen LogP contribution in [0.2, 0.25) is 0 Å². The Bertz CT molecular complexity index is 982. The fourth-order valence-corrected chi connectivity index (χ4v) is 2.81. The molecule has 3 aromatic carbocycles. The van der Waals surface area contributed by atoms with Gasteiger partial charge in [-0.25, -0.2) is 0 Å². The summed E-state index contributed by atoms with van der Waals surface area (Å²) < 4.78 is 12.1. The zero-order valence-corrected chi connectivity index (χ0v) is 15.9. The standard InChI is InChI=1S/C25H21NO2/c1-3-10-19-12-5-7-14-22(19)27-24-16-9-17-25(21(24)18-26)28-23-15-8-6-13-20(23)11-4-2/h3-17H,1-2H3. The van der Waals surface area contributed by atoms with Gasteiger partial charge in [0.2, 0.25) is 0 Å². The largest absolute Gasteiger partial charge is 0.455 e. The van der Waals surface area contributed by atoms with Gasteiger partial charge in [0.25, 0.3) is 0 Å². The molecule has 3 rings (SSSR count). The Hall–Kier alpha value is -3.77. The topological polar surface area (TPSA) is 42.2 Å². The van der Waals surface area contributed by atoms with E-state index in [1.807, 2.05) is 92.7 Å². The number of para-hydroxylation sites is 2. The molecule has 0 saturated heterocycles. The average molecular weight is 367 g/mol. The highest BCUT2D eigenvalue weighted by Crippen LogP contribution is 2.36. The molecule has 0 fully saturated rings. The summed E-state index contributed by atoms with van der Waals surface area (Å²) in [5.74, 6) is 2.29. The van der Waals surface area contributed by atoms with Crippen LogP contribution in [0.15, 0.2) is 78.9 Å². The zero-order valence-electron chi connectivity index (χ0n) is 15.9. The second kappa shape index (κ2) is 9.25. The summed E-state index contributed by atoms with van der Waals surface area (Å²) in [4.78, 5) is 0. The first-order valence-corrected chi connectivity index (χ1v) is 9.09. The minimum atomic E-state index is 0.355. The SMILES string of the molecule is CC=Cc1ccccc1Oc1cccc(Oc2ccccc2C=CC)c1C#N. The Morgan fingerprint density at radius 3 is 1.50 bits per heavy atom. The molecular weight excluding hydrogens is 346 g/mol. The van der Waals surface area contributed by atoms with Crippen molar-refractivity contribution >= 4 is 12.2 Å². The highest BCUT2D eigenvalue weighted by Gasteiger charge is 2.14. The molecule has 138 valence electrons. The maximum atomic E-state index is 9.76. The molecule has 0 aliphatic carbocycles. The molecule has 0 radical (unpaired) electrons. The van der Waals surface area contributed by atoms with Gasteiger partial charge in [-0.3, -0.25) is 0 Å². The summed E-state index contributed by atoms with van der Waals surface area (Å²) in [7, 11) is 0. The van der Waals surface area contributed by atoms with Crippen molar-refractivity contribution in [1.29, 1.82) is 5.26 Å². The molecule has 0 aliphatic heterocycles. The lowest BCUT2D eigenvalue weighted by atomic mass is 10.1. The van der Waals surface area contributed by atoms with E-state index in [-0.39, 0.29) is 0 Å². The van der Waals surface area contributed by atoms with E-state index in [2.05, 4.69) is 6.07 Å². The van der Waals surface area contributed by atoms with Crippen LogP contribution in [0.5, 0.6) is 23.0 Å². The normalized spacial score (nSPS) is 10.9. The third-order valence-corrected chi connectivity index (χ3v) is 4.07. The van der Waals surface area contributed by atoms with Gasteiger partial charge in [-0.2, -0.15) is 5.26 Å². The number of benzene rings is 3. The number of nitrogens with zero attached hydrogens (tertiary/aromatic N) is 1. The van der Waals surface area contributed by atoms with Gasteiger partial charge in [0.1, 0.15) is 34.6 Å². The lowest BCUT2D eigenvalue weighted by Gasteiger charge is -2.14. The van der Waals surface area contributed by atoms with Gasteiger partial charge in [-0.15, -0.1) is 0 Å². The smallest absolute Gasteiger partial charge is 0.149 e. The molecule has 0 unspecified atom stereocenters. The molecule has 0 amide bonds. The molecule has 0 aromatic heterocycles. The van der Waals surface area contributed by atoms with Crippen LogP contribution < -0.4 is 9.47 Å². The maximum Gasteiger partial charge on any atom is 0.149 e. The lowest BCUT2D eigenvalue weighted by Crippen LogP contribution is -1.95. The Morgan fingerprint density at radius 2 is 1.07 bits per heavy atom. The second-order valence-corrected chi connectivity index (χ2v) is 6.02. The highest BCUT2D eigenvalue weighted by molar-refractivity contribution is 5.62. The molecule has 3 heteroatoms. The molecule has 0 atom stereocenters. The summed E-state index contributed by atoms with van der Waals surface area (Å²) in [5.41, 5.74) is 2.24. The van der Waals surface area contributed by atoms with Crippen LogP contribution in [-0.4, -0.2) is 0 Å². The van der Waals surface area contributed by atoms with Crippen molar-refractivity contribution in [1.82, 2.24) is 0 Å². The van der Waals surface area contributed by atoms with Crippen LogP contribution in [0.3, 0.4) is 0 Å². The molecular formula is C25H21NO2. The van der Waals surface area contributed by atoms with Crippen LogP contribution in [0.25, 0.3) is 12.2 Å². The Morgan fingerprint density at radius 1 is 0.643 bits per heavy atom. The highest BCUT2D eigenvalue weighted by atomic mass is 16.5. The van der Waals surface area contributed by atoms with Crippen LogP contribution in [0.4, 0.5) is 0 Å². The number of nitriles is 1. The van der Waals surface area contributed by atoms with Gasteiger partial charge in [0.05, 0.1) is 0 Å². The summed E-state index contributed by atoms with van der Waals surface area (Å²) >= 11 is 0. The number of hydrogen-bond acceptors (Lipinski definition) is 3. The molecule has 0 bridgehead atoms. The summed E-state index contributed by atoms with van der Waals surface area (Å²) in [6.45, 7) is 3.91. The van der Waals surface area contributed by atoms with Crippen molar-refractivity contribution in [3.63, 3.8) is 0 Å². The van der Waals surface area contributed by atoms with Gasteiger partial charge >= 0.3 is 0 Å². The molecule has 0 aliphatic rings. The van der Waals surface area contributed by atoms with E-state index in [0.717, 1.165) is 11.1 Å². The van der Waals surface area contributed by atoms with Crippen molar-refractivity contribution in [3.05, 3.63) is 95.6 Å². The predicted octanol–water partition coefficient (Wildman–Crippen LogP) is 7.21. The number of allylic oxidation sites excluding steroid dienone is 2. The van der Waals surface area contributed by atoms with Crippen LogP contribution in [0.1, 0.15) is 30.5 Å². The fourth-order valence-electron chi connectivity index (χ4n) is 2.81. The van der Waals surface area contributed by atoms with E-state index in [9.17, 15) is 5.26 Å². The van der Waals surface area contributed by atoms with E-state index < -0.39 is 0 Å². The second-order valence-electron chi connectivity index (χ2n) is 6.02. The molecule has 0 saturated carbocycles. The molecule has 0 heterocycles. The van der Waals surface area contributed by atoms with Crippen molar-refractivity contribution in [3.8, 4) is 29.1 Å². The third kappa shape index (κ3) is 4.31. The minimum absolute atomic E-state index is 0.355. The first-order chi connectivity index (χ1) is 13.8. The van der Waals surface area contributed by atoms with Gasteiger partial charge in [0.15, 0.2) is 0 Å². The van der Waals surface area contributed by atoms with E-state index in [4.69, 9.17) is 9.47 Å². The van der Waals surface area contributed by atoms with E-state index in [1.165, 1.54) is 0 Å². The third-order valence-electron chi connectivity index (χ3n) is 4.07. The Balaban J connectivity index is 1.98. The molecule has 3 aromatic rings. The Kier molecular flexibility index (Phi) is 6.28. The van der Waals surface area contributed by atoms with Crippen molar-refractivity contribution in [2.24, 2.45) is 0 Å². The van der Waals surface area contributed by atoms with Gasteiger partial charge in [0, 0.05) is 11.1 Å². The summed E-state index contributed by atoms with van der Waals surface area (Å²) in [6.07, 6.45) is 7.83. The van der Waals surface area contributed by atoms with Crippen LogP contribution in [0, 0.1) is 11.3 Å². The molecule has 0 spiro atoms. The zero-order chi connectivity index (χ0) is 19.8. The van der Waals surface area contributed by atoms with Crippen molar-refractivity contribution < 1.29 is 9.47 Å². The first kappa shape index (κ1) is 19.0. The quantitative estimate of drug-likeness (QED) is 0.462. The fraction of sp³-hybridized carbons (Fsp3) is 0.0800.